The Balaban J connectivity index is 3.21. The second kappa shape index (κ2) is 4.19. The predicted molar refractivity (Wildman–Crippen MR) is 55.3 cm³/mol. The number of rotatable bonds is 3. The molecule has 4 nitrogen and oxygen atoms in total. The molecule has 0 amide bonds. The van der Waals surface area contributed by atoms with Gasteiger partial charge in [-0.3, -0.25) is 10.1 Å². The van der Waals surface area contributed by atoms with Gasteiger partial charge in [-0.05, 0) is 26.5 Å². The summed E-state index contributed by atoms with van der Waals surface area (Å²) in [6.45, 7) is 3.75. The van der Waals surface area contributed by atoms with Crippen molar-refractivity contribution in [1.82, 2.24) is 5.32 Å². The van der Waals surface area contributed by atoms with E-state index in [9.17, 15) is 10.1 Å². The molecule has 0 aromatic heterocycles. The minimum absolute atomic E-state index is 0.00370. The first-order valence-corrected chi connectivity index (χ1v) is 4.48. The summed E-state index contributed by atoms with van der Waals surface area (Å²) in [4.78, 5) is 10.4. The number of nitro benzene ring substituents is 1. The molecule has 4 heteroatoms. The standard InChI is InChI=1S/C10H14N2O2/c1-7-4-5-9(8(2)11-3)10(6-7)12(13)14/h4-6,8,11H,1-3H3/t8-/m1/s1. The van der Waals surface area contributed by atoms with E-state index >= 15 is 0 Å². The van der Waals surface area contributed by atoms with Gasteiger partial charge in [-0.15, -0.1) is 0 Å². The van der Waals surface area contributed by atoms with E-state index in [0.717, 1.165) is 11.1 Å². The van der Waals surface area contributed by atoms with E-state index in [-0.39, 0.29) is 16.7 Å². The molecule has 0 saturated carbocycles. The summed E-state index contributed by atoms with van der Waals surface area (Å²) < 4.78 is 0. The normalized spacial score (nSPS) is 12.5. The summed E-state index contributed by atoms with van der Waals surface area (Å²) in [7, 11) is 1.79. The van der Waals surface area contributed by atoms with Crippen molar-refractivity contribution >= 4 is 5.69 Å². The molecule has 0 spiro atoms. The Bertz CT molecular complexity index is 350. The van der Waals surface area contributed by atoms with Crippen LogP contribution in [0.25, 0.3) is 0 Å². The quantitative estimate of drug-likeness (QED) is 0.592. The molecular formula is C10H14N2O2. The molecule has 14 heavy (non-hydrogen) atoms. The molecule has 0 fully saturated rings. The molecule has 0 unspecified atom stereocenters. The van der Waals surface area contributed by atoms with Crippen LogP contribution in [0.3, 0.4) is 0 Å². The minimum atomic E-state index is -0.337. The fourth-order valence-electron chi connectivity index (χ4n) is 1.33. The van der Waals surface area contributed by atoms with Crippen molar-refractivity contribution in [2.24, 2.45) is 0 Å². The summed E-state index contributed by atoms with van der Waals surface area (Å²) >= 11 is 0. The maximum Gasteiger partial charge on any atom is 0.274 e. The van der Waals surface area contributed by atoms with Crippen LogP contribution in [0.5, 0.6) is 0 Å². The van der Waals surface area contributed by atoms with E-state index in [1.807, 2.05) is 19.9 Å². The highest BCUT2D eigenvalue weighted by molar-refractivity contribution is 5.44. The van der Waals surface area contributed by atoms with Gasteiger partial charge in [0.05, 0.1) is 4.92 Å². The number of nitrogens with one attached hydrogen (secondary N) is 1. The number of hydrogen-bond acceptors (Lipinski definition) is 3. The molecule has 0 aliphatic carbocycles. The van der Waals surface area contributed by atoms with Gasteiger partial charge in [0, 0.05) is 17.7 Å². The fourth-order valence-corrected chi connectivity index (χ4v) is 1.33. The van der Waals surface area contributed by atoms with Crippen molar-refractivity contribution < 1.29 is 4.92 Å². The van der Waals surface area contributed by atoms with Crippen LogP contribution >= 0.6 is 0 Å². The Hall–Kier alpha value is -1.42. The van der Waals surface area contributed by atoms with Gasteiger partial charge in [0.25, 0.3) is 5.69 Å². The highest BCUT2D eigenvalue weighted by atomic mass is 16.6. The molecule has 76 valence electrons. The Morgan fingerprint density at radius 3 is 2.64 bits per heavy atom. The van der Waals surface area contributed by atoms with E-state index in [2.05, 4.69) is 5.32 Å². The monoisotopic (exact) mass is 194 g/mol. The molecule has 1 atom stereocenters. The lowest BCUT2D eigenvalue weighted by Crippen LogP contribution is -2.14. The van der Waals surface area contributed by atoms with Crippen molar-refractivity contribution in [2.75, 3.05) is 7.05 Å². The molecule has 0 aliphatic heterocycles. The van der Waals surface area contributed by atoms with Gasteiger partial charge in [-0.2, -0.15) is 0 Å². The maximum absolute atomic E-state index is 10.8. The maximum atomic E-state index is 10.8. The van der Waals surface area contributed by atoms with Gasteiger partial charge in [0.1, 0.15) is 0 Å². The second-order valence-corrected chi connectivity index (χ2v) is 3.33. The Kier molecular flexibility index (Phi) is 3.19. The minimum Gasteiger partial charge on any atom is -0.313 e. The summed E-state index contributed by atoms with van der Waals surface area (Å²) in [5.74, 6) is 0. The highest BCUT2D eigenvalue weighted by Crippen LogP contribution is 2.25. The van der Waals surface area contributed by atoms with Crippen LogP contribution in [0.4, 0.5) is 5.69 Å². The van der Waals surface area contributed by atoms with Crippen molar-refractivity contribution in [3.63, 3.8) is 0 Å². The molecule has 1 aromatic rings. The average Bonchev–Trinajstić information content (AvgIpc) is 2.16. The first kappa shape index (κ1) is 10.7. The third-order valence-electron chi connectivity index (χ3n) is 2.28. The Morgan fingerprint density at radius 1 is 1.50 bits per heavy atom. The van der Waals surface area contributed by atoms with Gasteiger partial charge in [-0.1, -0.05) is 12.1 Å². The smallest absolute Gasteiger partial charge is 0.274 e. The van der Waals surface area contributed by atoms with Crippen molar-refractivity contribution in [1.29, 1.82) is 0 Å². The van der Waals surface area contributed by atoms with Crippen LogP contribution in [0.15, 0.2) is 18.2 Å². The van der Waals surface area contributed by atoms with Crippen molar-refractivity contribution in [3.05, 3.63) is 39.4 Å². The van der Waals surface area contributed by atoms with Crippen molar-refractivity contribution in [3.8, 4) is 0 Å². The van der Waals surface area contributed by atoms with Crippen LogP contribution < -0.4 is 5.32 Å². The number of nitro groups is 1. The summed E-state index contributed by atoms with van der Waals surface area (Å²) in [5.41, 5.74) is 1.82. The van der Waals surface area contributed by atoms with E-state index < -0.39 is 0 Å². The molecule has 1 N–H and O–H groups in total. The summed E-state index contributed by atoms with van der Waals surface area (Å²) in [6.07, 6.45) is 0. The van der Waals surface area contributed by atoms with Gasteiger partial charge >= 0.3 is 0 Å². The molecule has 0 heterocycles. The van der Waals surface area contributed by atoms with E-state index in [1.54, 1.807) is 19.2 Å². The second-order valence-electron chi connectivity index (χ2n) is 3.33. The van der Waals surface area contributed by atoms with Gasteiger partial charge in [0.2, 0.25) is 0 Å². The third kappa shape index (κ3) is 2.09. The Labute approximate surface area is 83.1 Å². The third-order valence-corrected chi connectivity index (χ3v) is 2.28. The molecule has 0 aliphatic rings. The topological polar surface area (TPSA) is 55.2 Å². The number of aryl methyl sites for hydroxylation is 1. The van der Waals surface area contributed by atoms with Crippen LogP contribution in [0.2, 0.25) is 0 Å². The lowest BCUT2D eigenvalue weighted by atomic mass is 10.0. The van der Waals surface area contributed by atoms with E-state index in [1.165, 1.54) is 0 Å². The molecule has 1 aromatic carbocycles. The molecule has 0 radical (unpaired) electrons. The predicted octanol–water partition coefficient (Wildman–Crippen LogP) is 2.18. The van der Waals surface area contributed by atoms with E-state index in [4.69, 9.17) is 0 Å². The molecular weight excluding hydrogens is 180 g/mol. The van der Waals surface area contributed by atoms with Crippen LogP contribution in [0, 0.1) is 17.0 Å². The van der Waals surface area contributed by atoms with Crippen LogP contribution in [-0.4, -0.2) is 12.0 Å². The number of hydrogen-bond donors (Lipinski definition) is 1. The first-order valence-electron chi connectivity index (χ1n) is 4.48. The van der Waals surface area contributed by atoms with Gasteiger partial charge in [0.15, 0.2) is 0 Å². The lowest BCUT2D eigenvalue weighted by Gasteiger charge is -2.10. The Morgan fingerprint density at radius 2 is 2.14 bits per heavy atom. The zero-order chi connectivity index (χ0) is 10.7. The first-order chi connectivity index (χ1) is 6.56. The zero-order valence-electron chi connectivity index (χ0n) is 8.57. The fraction of sp³-hybridized carbons (Fsp3) is 0.400. The largest absolute Gasteiger partial charge is 0.313 e. The zero-order valence-corrected chi connectivity index (χ0v) is 8.57. The van der Waals surface area contributed by atoms with E-state index in [0.29, 0.717) is 0 Å². The SMILES string of the molecule is CN[C@H](C)c1ccc(C)cc1[N+](=O)[O-]. The number of benzene rings is 1. The van der Waals surface area contributed by atoms with Gasteiger partial charge in [-0.25, -0.2) is 0 Å². The summed E-state index contributed by atoms with van der Waals surface area (Å²) in [5, 5.41) is 13.8. The van der Waals surface area contributed by atoms with Crippen molar-refractivity contribution in [2.45, 2.75) is 19.9 Å². The van der Waals surface area contributed by atoms with Crippen LogP contribution in [-0.2, 0) is 0 Å². The molecule has 0 bridgehead atoms. The lowest BCUT2D eigenvalue weighted by molar-refractivity contribution is -0.385. The van der Waals surface area contributed by atoms with Gasteiger partial charge < -0.3 is 5.32 Å². The molecule has 0 saturated heterocycles. The summed E-state index contributed by atoms with van der Waals surface area (Å²) in [6, 6.07) is 5.28. The molecule has 1 rings (SSSR count). The van der Waals surface area contributed by atoms with Crippen LogP contribution in [0.1, 0.15) is 24.1 Å². The average molecular weight is 194 g/mol. The number of nitrogens with zero attached hydrogens (tertiary/aromatic N) is 1. The highest BCUT2D eigenvalue weighted by Gasteiger charge is 2.17.